The first kappa shape index (κ1) is 14.0. The first-order chi connectivity index (χ1) is 9.45. The van der Waals surface area contributed by atoms with Gasteiger partial charge in [-0.3, -0.25) is 25.1 Å². The van der Waals surface area contributed by atoms with Crippen molar-refractivity contribution in [2.24, 2.45) is 0 Å². The van der Waals surface area contributed by atoms with Crippen LogP contribution in [0.4, 0.5) is 11.4 Å². The number of rotatable bonds is 4. The molecule has 2 rings (SSSR count). The van der Waals surface area contributed by atoms with E-state index in [1.54, 1.807) is 0 Å². The van der Waals surface area contributed by atoms with E-state index in [1.165, 1.54) is 24.3 Å². The van der Waals surface area contributed by atoms with E-state index in [0.29, 0.717) is 5.69 Å². The van der Waals surface area contributed by atoms with Crippen molar-refractivity contribution in [1.29, 1.82) is 5.41 Å². The van der Waals surface area contributed by atoms with Crippen LogP contribution in [0.15, 0.2) is 24.3 Å². The minimum Gasteiger partial charge on any atom is -0.326 e. The van der Waals surface area contributed by atoms with Gasteiger partial charge in [0.1, 0.15) is 5.25 Å². The van der Waals surface area contributed by atoms with Gasteiger partial charge in [0.15, 0.2) is 5.17 Å². The van der Waals surface area contributed by atoms with Crippen LogP contribution in [0.2, 0.25) is 0 Å². The summed E-state index contributed by atoms with van der Waals surface area (Å²) < 4.78 is 0. The summed E-state index contributed by atoms with van der Waals surface area (Å²) in [5.41, 5.74) is 0.167. The molecule has 1 atom stereocenters. The number of thioether (sulfide) groups is 1. The van der Waals surface area contributed by atoms with Crippen molar-refractivity contribution in [3.8, 4) is 0 Å². The zero-order chi connectivity index (χ0) is 14.7. The molecule has 1 aromatic carbocycles. The molecule has 104 valence electrons. The molecule has 2 amide bonds. The Bertz CT molecular complexity index is 604. The fourth-order valence-electron chi connectivity index (χ4n) is 1.63. The number of nitrogens with one attached hydrogen (secondary N) is 3. The second kappa shape index (κ2) is 5.70. The van der Waals surface area contributed by atoms with Crippen LogP contribution in [0, 0.1) is 15.5 Å². The molecule has 1 aliphatic heterocycles. The Balaban J connectivity index is 1.98. The van der Waals surface area contributed by atoms with Gasteiger partial charge in [-0.05, 0) is 6.07 Å². The second-order valence-corrected chi connectivity index (χ2v) is 5.20. The van der Waals surface area contributed by atoms with Crippen LogP contribution >= 0.6 is 11.8 Å². The van der Waals surface area contributed by atoms with E-state index in [9.17, 15) is 19.7 Å². The van der Waals surface area contributed by atoms with Gasteiger partial charge in [-0.25, -0.2) is 0 Å². The van der Waals surface area contributed by atoms with Crippen molar-refractivity contribution < 1.29 is 14.5 Å². The van der Waals surface area contributed by atoms with Crippen molar-refractivity contribution in [1.82, 2.24) is 5.32 Å². The summed E-state index contributed by atoms with van der Waals surface area (Å²) in [6.45, 7) is 0. The largest absolute Gasteiger partial charge is 0.326 e. The zero-order valence-electron chi connectivity index (χ0n) is 10.1. The molecule has 1 aromatic rings. The van der Waals surface area contributed by atoms with Gasteiger partial charge < -0.3 is 10.6 Å². The molecule has 9 heteroatoms. The van der Waals surface area contributed by atoms with Crippen LogP contribution in [0.1, 0.15) is 6.42 Å². The number of anilines is 1. The summed E-state index contributed by atoms with van der Waals surface area (Å²) in [5.74, 6) is -0.818. The smallest absolute Gasteiger partial charge is 0.271 e. The number of non-ortho nitro benzene ring substituents is 1. The molecule has 0 saturated carbocycles. The molecule has 1 unspecified atom stereocenters. The highest BCUT2D eigenvalue weighted by Gasteiger charge is 2.31. The summed E-state index contributed by atoms with van der Waals surface area (Å²) >= 11 is 0.974. The lowest BCUT2D eigenvalue weighted by Gasteiger charge is -2.07. The number of nitro groups is 1. The van der Waals surface area contributed by atoms with Gasteiger partial charge in [-0.1, -0.05) is 17.8 Å². The number of benzene rings is 1. The molecule has 8 nitrogen and oxygen atoms in total. The molecule has 0 bridgehead atoms. The van der Waals surface area contributed by atoms with Crippen molar-refractivity contribution in [3.05, 3.63) is 34.4 Å². The van der Waals surface area contributed by atoms with Gasteiger partial charge in [0.25, 0.3) is 5.69 Å². The average molecular weight is 294 g/mol. The van der Waals surface area contributed by atoms with Gasteiger partial charge >= 0.3 is 0 Å². The molecule has 0 aromatic heterocycles. The fraction of sp³-hybridized carbons (Fsp3) is 0.182. The molecule has 3 N–H and O–H groups in total. The number of amidine groups is 1. The SMILES string of the molecule is N=C1NC(=O)C(CC(=O)Nc2cccc([N+](=O)[O-])c2)S1. The third kappa shape index (κ3) is 3.32. The molecular weight excluding hydrogens is 284 g/mol. The Labute approximate surface area is 117 Å². The van der Waals surface area contributed by atoms with Crippen molar-refractivity contribution in [3.63, 3.8) is 0 Å². The monoisotopic (exact) mass is 294 g/mol. The van der Waals surface area contributed by atoms with E-state index in [2.05, 4.69) is 10.6 Å². The van der Waals surface area contributed by atoms with Gasteiger partial charge in [-0.15, -0.1) is 0 Å². The minimum absolute atomic E-state index is 0.0168. The quantitative estimate of drug-likeness (QED) is 0.566. The van der Waals surface area contributed by atoms with Crippen molar-refractivity contribution in [2.75, 3.05) is 5.32 Å². The van der Waals surface area contributed by atoms with Gasteiger partial charge in [-0.2, -0.15) is 0 Å². The van der Waals surface area contributed by atoms with Crippen molar-refractivity contribution in [2.45, 2.75) is 11.7 Å². The number of nitrogens with zero attached hydrogens (tertiary/aromatic N) is 1. The molecule has 0 radical (unpaired) electrons. The normalized spacial score (nSPS) is 17.7. The van der Waals surface area contributed by atoms with E-state index in [4.69, 9.17) is 5.41 Å². The molecular formula is C11H10N4O4S. The van der Waals surface area contributed by atoms with Gasteiger partial charge in [0.2, 0.25) is 11.8 Å². The molecule has 1 heterocycles. The van der Waals surface area contributed by atoms with E-state index in [-0.39, 0.29) is 23.2 Å². The topological polar surface area (TPSA) is 125 Å². The number of carbonyl (C=O) groups is 2. The van der Waals surface area contributed by atoms with E-state index in [1.807, 2.05) is 0 Å². The summed E-state index contributed by atoms with van der Waals surface area (Å²) in [4.78, 5) is 33.2. The number of hydrogen-bond donors (Lipinski definition) is 3. The highest BCUT2D eigenvalue weighted by Crippen LogP contribution is 2.22. The van der Waals surface area contributed by atoms with Gasteiger partial charge in [0, 0.05) is 24.2 Å². The first-order valence-corrected chi connectivity index (χ1v) is 6.44. The lowest BCUT2D eigenvalue weighted by atomic mass is 10.2. The minimum atomic E-state index is -0.638. The highest BCUT2D eigenvalue weighted by atomic mass is 32.2. The Hall–Kier alpha value is -2.42. The molecule has 1 aliphatic rings. The highest BCUT2D eigenvalue weighted by molar-refractivity contribution is 8.15. The maximum atomic E-state index is 11.8. The van der Waals surface area contributed by atoms with Crippen LogP contribution in [0.5, 0.6) is 0 Å². The molecule has 1 fully saturated rings. The third-order valence-corrected chi connectivity index (χ3v) is 3.50. The average Bonchev–Trinajstić information content (AvgIpc) is 2.67. The number of nitro benzene ring substituents is 1. The molecule has 0 aliphatic carbocycles. The van der Waals surface area contributed by atoms with Gasteiger partial charge in [0.05, 0.1) is 4.92 Å². The summed E-state index contributed by atoms with van der Waals surface area (Å²) in [7, 11) is 0. The summed E-state index contributed by atoms with van der Waals surface area (Å²) in [5, 5.41) is 22.1. The zero-order valence-corrected chi connectivity index (χ0v) is 10.9. The predicted molar refractivity (Wildman–Crippen MR) is 73.6 cm³/mol. The Kier molecular flexibility index (Phi) is 3.99. The Morgan fingerprint density at radius 1 is 1.55 bits per heavy atom. The summed E-state index contributed by atoms with van der Waals surface area (Å²) in [6, 6.07) is 5.54. The third-order valence-electron chi connectivity index (χ3n) is 2.50. The fourth-order valence-corrected chi connectivity index (χ4v) is 2.47. The van der Waals surface area contributed by atoms with E-state index in [0.717, 1.165) is 11.8 Å². The molecule has 0 spiro atoms. The first-order valence-electron chi connectivity index (χ1n) is 5.56. The second-order valence-electron chi connectivity index (χ2n) is 3.98. The Morgan fingerprint density at radius 2 is 2.30 bits per heavy atom. The molecule has 1 saturated heterocycles. The number of carbonyl (C=O) groups excluding carboxylic acids is 2. The predicted octanol–water partition coefficient (Wildman–Crippen LogP) is 1.09. The standard InChI is InChI=1S/C11H10N4O4S/c12-11-14-10(17)8(20-11)5-9(16)13-6-2-1-3-7(4-6)15(18)19/h1-4,8H,5H2,(H,13,16)(H2,12,14,17). The maximum absolute atomic E-state index is 11.8. The lowest BCUT2D eigenvalue weighted by molar-refractivity contribution is -0.384. The number of hydrogen-bond acceptors (Lipinski definition) is 6. The summed E-state index contributed by atoms with van der Waals surface area (Å²) in [6.07, 6.45) is -0.0957. The van der Waals surface area contributed by atoms with Crippen LogP contribution in [-0.4, -0.2) is 27.2 Å². The van der Waals surface area contributed by atoms with E-state index >= 15 is 0 Å². The Morgan fingerprint density at radius 3 is 2.90 bits per heavy atom. The van der Waals surface area contributed by atoms with Crippen LogP contribution < -0.4 is 10.6 Å². The molecule has 20 heavy (non-hydrogen) atoms. The van der Waals surface area contributed by atoms with Crippen LogP contribution in [-0.2, 0) is 9.59 Å². The number of amides is 2. The maximum Gasteiger partial charge on any atom is 0.271 e. The van der Waals surface area contributed by atoms with Crippen molar-refractivity contribution >= 4 is 40.1 Å². The van der Waals surface area contributed by atoms with Crippen LogP contribution in [0.3, 0.4) is 0 Å². The lowest BCUT2D eigenvalue weighted by Crippen LogP contribution is -2.27. The van der Waals surface area contributed by atoms with E-state index < -0.39 is 16.1 Å². The van der Waals surface area contributed by atoms with Crippen LogP contribution in [0.25, 0.3) is 0 Å².